The summed E-state index contributed by atoms with van der Waals surface area (Å²) < 4.78 is 0. The fraction of sp³-hybridized carbons (Fsp3) is 1.00. The summed E-state index contributed by atoms with van der Waals surface area (Å²) >= 11 is 0. The van der Waals surface area contributed by atoms with E-state index < -0.39 is 0 Å². The molecule has 0 spiro atoms. The average Bonchev–Trinajstić information content (AvgIpc) is 2.66. The number of hydrogen-bond donors (Lipinski definition) is 0. The Morgan fingerprint density at radius 3 is 1.00 bits per heavy atom. The number of rotatable bonds is 5. The molecule has 24 heavy (non-hydrogen) atoms. The Hall–Kier alpha value is 0.430. The normalized spacial score (nSPS) is 24.6. The maximum absolute atomic E-state index is 2.21. The lowest BCUT2D eigenvalue weighted by molar-refractivity contribution is 0.460. The molecule has 3 aliphatic rings. The molecule has 0 aromatic carbocycles. The molecular formula is C23H45P. The van der Waals surface area contributed by atoms with Crippen molar-refractivity contribution in [1.82, 2.24) is 0 Å². The van der Waals surface area contributed by atoms with Gasteiger partial charge in [0.05, 0.1) is 0 Å². The van der Waals surface area contributed by atoms with E-state index in [1.165, 1.54) is 55.5 Å². The monoisotopic (exact) mass is 352 g/mol. The molecule has 0 aromatic heterocycles. The third-order valence-electron chi connectivity index (χ3n) is 6.70. The van der Waals surface area contributed by atoms with Crippen molar-refractivity contribution in [3.8, 4) is 0 Å². The highest BCUT2D eigenvalue weighted by Crippen LogP contribution is 2.61. The van der Waals surface area contributed by atoms with Crippen LogP contribution >= 0.6 is 7.92 Å². The minimum Gasteiger partial charge on any atom is -0.0971 e. The fourth-order valence-electron chi connectivity index (χ4n) is 5.39. The summed E-state index contributed by atoms with van der Waals surface area (Å²) in [5.41, 5.74) is 3.57. The third kappa shape index (κ3) is 6.97. The SMILES string of the molecule is C1CCC(P(C2CCCCC2)C2CCCCC2)CC1.CCCCC. The smallest absolute Gasteiger partial charge is 0.0204 e. The second kappa shape index (κ2) is 12.7. The van der Waals surface area contributed by atoms with Gasteiger partial charge in [-0.05, 0) is 55.5 Å². The van der Waals surface area contributed by atoms with Crippen molar-refractivity contribution in [1.29, 1.82) is 0 Å². The van der Waals surface area contributed by atoms with E-state index in [1.54, 1.807) is 77.0 Å². The highest BCUT2D eigenvalue weighted by molar-refractivity contribution is 7.59. The average molecular weight is 353 g/mol. The van der Waals surface area contributed by atoms with E-state index in [-0.39, 0.29) is 0 Å². The van der Waals surface area contributed by atoms with E-state index in [1.807, 2.05) is 0 Å². The van der Waals surface area contributed by atoms with Crippen LogP contribution in [0.1, 0.15) is 129 Å². The van der Waals surface area contributed by atoms with Crippen LogP contribution in [0.5, 0.6) is 0 Å². The van der Waals surface area contributed by atoms with E-state index in [4.69, 9.17) is 0 Å². The molecule has 3 rings (SSSR count). The van der Waals surface area contributed by atoms with Gasteiger partial charge in [0.25, 0.3) is 0 Å². The van der Waals surface area contributed by atoms with Gasteiger partial charge in [-0.3, -0.25) is 0 Å². The van der Waals surface area contributed by atoms with Gasteiger partial charge in [0.15, 0.2) is 0 Å². The molecule has 142 valence electrons. The van der Waals surface area contributed by atoms with Crippen LogP contribution in [0.25, 0.3) is 0 Å². The van der Waals surface area contributed by atoms with Gasteiger partial charge in [0.2, 0.25) is 0 Å². The van der Waals surface area contributed by atoms with Crippen LogP contribution in [0, 0.1) is 0 Å². The van der Waals surface area contributed by atoms with Crippen LogP contribution in [0.2, 0.25) is 0 Å². The van der Waals surface area contributed by atoms with Crippen LogP contribution in [-0.4, -0.2) is 17.0 Å². The summed E-state index contributed by atoms with van der Waals surface area (Å²) in [6, 6.07) is 0. The quantitative estimate of drug-likeness (QED) is 0.434. The van der Waals surface area contributed by atoms with Crippen molar-refractivity contribution in [2.24, 2.45) is 0 Å². The molecule has 0 N–H and O–H groups in total. The van der Waals surface area contributed by atoms with Crippen LogP contribution in [-0.2, 0) is 0 Å². The van der Waals surface area contributed by atoms with Crippen LogP contribution < -0.4 is 0 Å². The number of unbranched alkanes of at least 4 members (excludes halogenated alkanes) is 2. The zero-order valence-corrected chi connectivity index (χ0v) is 17.8. The Kier molecular flexibility index (Phi) is 11.0. The fourth-order valence-corrected chi connectivity index (χ4v) is 10.1. The molecule has 3 fully saturated rings. The van der Waals surface area contributed by atoms with Gasteiger partial charge in [-0.1, -0.05) is 98.8 Å². The van der Waals surface area contributed by atoms with Gasteiger partial charge in [-0.15, -0.1) is 0 Å². The molecule has 3 saturated carbocycles. The second-order valence-electron chi connectivity index (χ2n) is 8.68. The van der Waals surface area contributed by atoms with Gasteiger partial charge in [0.1, 0.15) is 0 Å². The van der Waals surface area contributed by atoms with Crippen LogP contribution in [0.15, 0.2) is 0 Å². The molecule has 3 aliphatic carbocycles. The molecule has 0 atom stereocenters. The summed E-state index contributed by atoms with van der Waals surface area (Å²) in [7, 11) is 0.385. The highest BCUT2D eigenvalue weighted by atomic mass is 31.1. The first-order valence-corrected chi connectivity index (χ1v) is 13.2. The molecule has 0 aromatic rings. The van der Waals surface area contributed by atoms with Gasteiger partial charge >= 0.3 is 0 Å². The summed E-state index contributed by atoms with van der Waals surface area (Å²) in [6.45, 7) is 4.42. The molecule has 0 bridgehead atoms. The first-order valence-electron chi connectivity index (χ1n) is 11.6. The lowest BCUT2D eigenvalue weighted by Gasteiger charge is -2.44. The topological polar surface area (TPSA) is 0 Å². The van der Waals surface area contributed by atoms with E-state index >= 15 is 0 Å². The Bertz CT molecular complexity index is 238. The summed E-state index contributed by atoms with van der Waals surface area (Å²) in [5.74, 6) is 0. The Balaban J connectivity index is 0.000000368. The largest absolute Gasteiger partial charge is 0.0971 e. The van der Waals surface area contributed by atoms with Gasteiger partial charge in [-0.25, -0.2) is 0 Å². The van der Waals surface area contributed by atoms with Gasteiger partial charge < -0.3 is 0 Å². The molecule has 0 saturated heterocycles. The predicted octanol–water partition coefficient (Wildman–Crippen LogP) is 8.66. The van der Waals surface area contributed by atoms with E-state index in [0.717, 1.165) is 0 Å². The van der Waals surface area contributed by atoms with Crippen molar-refractivity contribution >= 4 is 7.92 Å². The molecule has 0 unspecified atom stereocenters. The Morgan fingerprint density at radius 2 is 0.792 bits per heavy atom. The van der Waals surface area contributed by atoms with Crippen molar-refractivity contribution < 1.29 is 0 Å². The van der Waals surface area contributed by atoms with Crippen molar-refractivity contribution in [3.05, 3.63) is 0 Å². The minimum atomic E-state index is 0.385. The minimum absolute atomic E-state index is 0.385. The molecule has 0 radical (unpaired) electrons. The number of hydrogen-bond acceptors (Lipinski definition) is 0. The van der Waals surface area contributed by atoms with E-state index in [0.29, 0.717) is 7.92 Å². The molecule has 1 heteroatoms. The zero-order valence-electron chi connectivity index (χ0n) is 16.9. The van der Waals surface area contributed by atoms with Gasteiger partial charge in [-0.2, -0.15) is 0 Å². The molecular weight excluding hydrogens is 307 g/mol. The van der Waals surface area contributed by atoms with Gasteiger partial charge in [0, 0.05) is 0 Å². The predicted molar refractivity (Wildman–Crippen MR) is 113 cm³/mol. The Labute approximate surface area is 154 Å². The van der Waals surface area contributed by atoms with Crippen LogP contribution in [0.3, 0.4) is 0 Å². The van der Waals surface area contributed by atoms with Crippen molar-refractivity contribution in [2.75, 3.05) is 0 Å². The maximum atomic E-state index is 2.21. The Morgan fingerprint density at radius 1 is 0.500 bits per heavy atom. The van der Waals surface area contributed by atoms with Crippen molar-refractivity contribution in [3.63, 3.8) is 0 Å². The summed E-state index contributed by atoms with van der Waals surface area (Å²) in [5, 5.41) is 0. The van der Waals surface area contributed by atoms with Crippen LogP contribution in [0.4, 0.5) is 0 Å². The lowest BCUT2D eigenvalue weighted by atomic mass is 9.99. The first kappa shape index (κ1) is 20.7. The standard InChI is InChI=1S/C18H33P.C5H12/c1-4-10-16(11-5-1)19(17-12-6-2-7-13-17)18-14-8-3-9-15-18;1-3-5-4-2/h16-18H,1-15H2;3-5H2,1-2H3. The first-order chi connectivity index (χ1) is 11.9. The zero-order chi connectivity index (χ0) is 17.0. The maximum Gasteiger partial charge on any atom is -0.0204 e. The summed E-state index contributed by atoms with van der Waals surface area (Å²) in [4.78, 5) is 0. The second-order valence-corrected chi connectivity index (χ2v) is 11.8. The third-order valence-corrected chi connectivity index (χ3v) is 10.8. The molecule has 0 aliphatic heterocycles. The van der Waals surface area contributed by atoms with E-state index in [9.17, 15) is 0 Å². The lowest BCUT2D eigenvalue weighted by Crippen LogP contribution is -2.28. The molecule has 0 amide bonds. The highest BCUT2D eigenvalue weighted by Gasteiger charge is 2.36. The van der Waals surface area contributed by atoms with E-state index in [2.05, 4.69) is 13.8 Å². The molecule has 0 heterocycles. The summed E-state index contributed by atoms with van der Waals surface area (Å²) in [6.07, 6.45) is 27.7. The van der Waals surface area contributed by atoms with Crippen molar-refractivity contribution in [2.45, 2.75) is 146 Å². The molecule has 0 nitrogen and oxygen atoms in total.